The number of carboxylic acid groups (broad SMARTS) is 1. The van der Waals surface area contributed by atoms with E-state index in [0.717, 1.165) is 5.56 Å². The molecule has 5 nitrogen and oxygen atoms in total. The van der Waals surface area contributed by atoms with Gasteiger partial charge in [0.05, 0.1) is 11.9 Å². The van der Waals surface area contributed by atoms with E-state index in [1.165, 1.54) is 16.7 Å². The molecule has 0 spiro atoms. The highest BCUT2D eigenvalue weighted by Crippen LogP contribution is 2.22. The summed E-state index contributed by atoms with van der Waals surface area (Å²) in [7, 11) is 0. The second-order valence-corrected chi connectivity index (χ2v) is 5.98. The summed E-state index contributed by atoms with van der Waals surface area (Å²) in [6, 6.07) is 5.86. The lowest BCUT2D eigenvalue weighted by molar-refractivity contribution is -0.140. The van der Waals surface area contributed by atoms with Gasteiger partial charge in [-0.25, -0.2) is 9.59 Å². The number of carboxylic acids is 1. The first kappa shape index (κ1) is 15.0. The highest BCUT2D eigenvalue weighted by Gasteiger charge is 2.34. The number of nitrogens with zero attached hydrogens (tertiary/aromatic N) is 1. The zero-order chi connectivity index (χ0) is 14.7. The first-order valence-corrected chi connectivity index (χ1v) is 7.65. The lowest BCUT2D eigenvalue weighted by Gasteiger charge is -2.23. The SMILES string of the molecule is CC(NC(=O)N1CSC[C@H]1C(=O)O)c1ccc(Cl)cc1. The summed E-state index contributed by atoms with van der Waals surface area (Å²) in [5.74, 6) is -0.141. The first-order chi connectivity index (χ1) is 9.49. The van der Waals surface area contributed by atoms with Crippen LogP contribution in [-0.4, -0.2) is 39.7 Å². The molecule has 1 aliphatic heterocycles. The summed E-state index contributed by atoms with van der Waals surface area (Å²) in [5, 5.41) is 12.5. The summed E-state index contributed by atoms with van der Waals surface area (Å²) in [4.78, 5) is 24.5. The molecule has 0 aliphatic carbocycles. The van der Waals surface area contributed by atoms with Gasteiger partial charge < -0.3 is 15.3 Å². The van der Waals surface area contributed by atoms with E-state index in [1.807, 2.05) is 19.1 Å². The van der Waals surface area contributed by atoms with Gasteiger partial charge in [-0.2, -0.15) is 0 Å². The second kappa shape index (κ2) is 6.37. The van der Waals surface area contributed by atoms with Crippen LogP contribution in [0.5, 0.6) is 0 Å². The van der Waals surface area contributed by atoms with E-state index in [0.29, 0.717) is 16.7 Å². The molecule has 0 aromatic heterocycles. The van der Waals surface area contributed by atoms with Crippen LogP contribution >= 0.6 is 23.4 Å². The van der Waals surface area contributed by atoms with E-state index < -0.39 is 12.0 Å². The van der Waals surface area contributed by atoms with Crippen LogP contribution in [0.25, 0.3) is 0 Å². The number of rotatable bonds is 3. The van der Waals surface area contributed by atoms with Crippen molar-refractivity contribution in [1.82, 2.24) is 10.2 Å². The lowest BCUT2D eigenvalue weighted by Crippen LogP contribution is -2.47. The van der Waals surface area contributed by atoms with Gasteiger partial charge in [0.1, 0.15) is 6.04 Å². The minimum Gasteiger partial charge on any atom is -0.480 e. The van der Waals surface area contributed by atoms with Gasteiger partial charge in [0.25, 0.3) is 0 Å². The third-order valence-corrected chi connectivity index (χ3v) is 4.40. The minimum absolute atomic E-state index is 0.209. The third-order valence-electron chi connectivity index (χ3n) is 3.14. The predicted molar refractivity (Wildman–Crippen MR) is 79.0 cm³/mol. The summed E-state index contributed by atoms with van der Waals surface area (Å²) in [6.07, 6.45) is 0. The van der Waals surface area contributed by atoms with Crippen molar-refractivity contribution in [2.75, 3.05) is 11.6 Å². The van der Waals surface area contributed by atoms with Gasteiger partial charge in [0, 0.05) is 10.8 Å². The molecule has 20 heavy (non-hydrogen) atoms. The van der Waals surface area contributed by atoms with E-state index >= 15 is 0 Å². The number of amides is 2. The molecule has 0 bridgehead atoms. The monoisotopic (exact) mass is 314 g/mol. The fourth-order valence-corrected chi connectivity index (χ4v) is 3.22. The van der Waals surface area contributed by atoms with Crippen LogP contribution < -0.4 is 5.32 Å². The van der Waals surface area contributed by atoms with Crippen molar-refractivity contribution >= 4 is 35.4 Å². The first-order valence-electron chi connectivity index (χ1n) is 6.12. The molecule has 1 aromatic rings. The summed E-state index contributed by atoms with van der Waals surface area (Å²) in [6.45, 7) is 1.85. The average molecular weight is 315 g/mol. The molecule has 1 heterocycles. The molecule has 2 atom stereocenters. The Hall–Kier alpha value is -1.40. The topological polar surface area (TPSA) is 69.6 Å². The molecule has 1 unspecified atom stereocenters. The lowest BCUT2D eigenvalue weighted by atomic mass is 10.1. The Morgan fingerprint density at radius 2 is 2.10 bits per heavy atom. The molecule has 1 saturated heterocycles. The zero-order valence-corrected chi connectivity index (χ0v) is 12.4. The Morgan fingerprint density at radius 1 is 1.45 bits per heavy atom. The molecule has 1 fully saturated rings. The fraction of sp³-hybridized carbons (Fsp3) is 0.385. The van der Waals surface area contributed by atoms with Crippen LogP contribution in [0.2, 0.25) is 5.02 Å². The van der Waals surface area contributed by atoms with Gasteiger partial charge in [-0.1, -0.05) is 23.7 Å². The van der Waals surface area contributed by atoms with Crippen LogP contribution in [0, 0.1) is 0 Å². The van der Waals surface area contributed by atoms with Crippen molar-refractivity contribution in [1.29, 1.82) is 0 Å². The molecule has 0 saturated carbocycles. The zero-order valence-electron chi connectivity index (χ0n) is 10.9. The molecular weight excluding hydrogens is 300 g/mol. The summed E-state index contributed by atoms with van der Waals surface area (Å²) >= 11 is 7.25. The standard InChI is InChI=1S/C13H15ClN2O3S/c1-8(9-2-4-10(14)5-3-9)15-13(19)16-7-20-6-11(16)12(17)18/h2-5,8,11H,6-7H2,1H3,(H,15,19)(H,17,18)/t8?,11-/m0/s1. The largest absolute Gasteiger partial charge is 0.480 e. The average Bonchev–Trinajstić information content (AvgIpc) is 2.88. The van der Waals surface area contributed by atoms with Crippen LogP contribution in [0.15, 0.2) is 24.3 Å². The molecule has 1 aromatic carbocycles. The van der Waals surface area contributed by atoms with Crippen LogP contribution in [0.4, 0.5) is 4.79 Å². The Kier molecular flexibility index (Phi) is 4.77. The number of hydrogen-bond acceptors (Lipinski definition) is 3. The van der Waals surface area contributed by atoms with Crippen LogP contribution in [-0.2, 0) is 4.79 Å². The number of aliphatic carboxylic acids is 1. The molecule has 2 rings (SSSR count). The highest BCUT2D eigenvalue weighted by molar-refractivity contribution is 7.99. The quantitative estimate of drug-likeness (QED) is 0.899. The Balaban J connectivity index is 2.00. The summed E-state index contributed by atoms with van der Waals surface area (Å²) in [5.41, 5.74) is 0.918. The minimum atomic E-state index is -0.968. The molecule has 2 N–H and O–H groups in total. The van der Waals surface area contributed by atoms with E-state index in [1.54, 1.807) is 12.1 Å². The maximum absolute atomic E-state index is 12.1. The van der Waals surface area contributed by atoms with Crippen molar-refractivity contribution in [2.24, 2.45) is 0 Å². The number of carbonyl (C=O) groups is 2. The fourth-order valence-electron chi connectivity index (χ4n) is 1.95. The number of thioether (sulfide) groups is 1. The highest BCUT2D eigenvalue weighted by atomic mass is 35.5. The number of nitrogens with one attached hydrogen (secondary N) is 1. The van der Waals surface area contributed by atoms with E-state index in [9.17, 15) is 9.59 Å². The number of benzene rings is 1. The molecule has 1 aliphatic rings. The molecule has 7 heteroatoms. The van der Waals surface area contributed by atoms with Gasteiger partial charge in [-0.05, 0) is 24.6 Å². The molecule has 0 radical (unpaired) electrons. The van der Waals surface area contributed by atoms with Crippen molar-refractivity contribution in [3.63, 3.8) is 0 Å². The number of carbonyl (C=O) groups excluding carboxylic acids is 1. The van der Waals surface area contributed by atoms with Crippen LogP contribution in [0.3, 0.4) is 0 Å². The summed E-state index contributed by atoms with van der Waals surface area (Å²) < 4.78 is 0. The maximum Gasteiger partial charge on any atom is 0.327 e. The number of hydrogen-bond donors (Lipinski definition) is 2. The van der Waals surface area contributed by atoms with E-state index in [2.05, 4.69) is 5.32 Å². The van der Waals surface area contributed by atoms with Crippen molar-refractivity contribution in [2.45, 2.75) is 19.0 Å². The van der Waals surface area contributed by atoms with Gasteiger partial charge in [-0.3, -0.25) is 0 Å². The van der Waals surface area contributed by atoms with E-state index in [4.69, 9.17) is 16.7 Å². The normalized spacial score (nSPS) is 19.7. The van der Waals surface area contributed by atoms with Crippen LogP contribution in [0.1, 0.15) is 18.5 Å². The van der Waals surface area contributed by atoms with E-state index in [-0.39, 0.29) is 12.1 Å². The predicted octanol–water partition coefficient (Wildman–Crippen LogP) is 2.57. The van der Waals surface area contributed by atoms with Crippen molar-refractivity contribution in [3.05, 3.63) is 34.9 Å². The van der Waals surface area contributed by atoms with Crippen molar-refractivity contribution in [3.8, 4) is 0 Å². The Bertz CT molecular complexity index is 509. The van der Waals surface area contributed by atoms with Crippen molar-refractivity contribution < 1.29 is 14.7 Å². The van der Waals surface area contributed by atoms with Gasteiger partial charge in [0.15, 0.2) is 0 Å². The Morgan fingerprint density at radius 3 is 2.70 bits per heavy atom. The van der Waals surface area contributed by atoms with Gasteiger partial charge in [0.2, 0.25) is 0 Å². The molecule has 2 amide bonds. The smallest absolute Gasteiger partial charge is 0.327 e. The number of urea groups is 1. The third kappa shape index (κ3) is 3.37. The number of halogens is 1. The second-order valence-electron chi connectivity index (χ2n) is 4.55. The maximum atomic E-state index is 12.1. The van der Waals surface area contributed by atoms with Gasteiger partial charge >= 0.3 is 12.0 Å². The Labute approximate surface area is 126 Å². The molecular formula is C13H15ClN2O3S. The van der Waals surface area contributed by atoms with Gasteiger partial charge in [-0.15, -0.1) is 11.8 Å². The molecule has 108 valence electrons.